The molecule has 0 saturated heterocycles. The van der Waals surface area contributed by atoms with Gasteiger partial charge in [-0.1, -0.05) is 91.0 Å². The Balaban J connectivity index is 1.67. The summed E-state index contributed by atoms with van der Waals surface area (Å²) in [5.41, 5.74) is 3.82. The van der Waals surface area contributed by atoms with Gasteiger partial charge in [-0.05, 0) is 115 Å². The van der Waals surface area contributed by atoms with Crippen molar-refractivity contribution in [2.75, 3.05) is 52.5 Å². The molecule has 54 heavy (non-hydrogen) atoms. The zero-order valence-electron chi connectivity index (χ0n) is 33.2. The smallest absolute Gasteiger partial charge is 0.409 e. The van der Waals surface area contributed by atoms with E-state index < -0.39 is 0 Å². The second-order valence-corrected chi connectivity index (χ2v) is 13.7. The van der Waals surface area contributed by atoms with Gasteiger partial charge in [0.15, 0.2) is 0 Å². The summed E-state index contributed by atoms with van der Waals surface area (Å²) >= 11 is 0. The van der Waals surface area contributed by atoms with Gasteiger partial charge in [0.25, 0.3) is 0 Å². The van der Waals surface area contributed by atoms with E-state index in [9.17, 15) is 14.4 Å². The minimum absolute atomic E-state index is 0.121. The van der Waals surface area contributed by atoms with Gasteiger partial charge in [-0.3, -0.25) is 0 Å². The SMILES string of the molecule is CCOC(=O)N(CCCCc1ccccc1)CCCC(CCCN(CCCCc1ccccc1)C(=O)OCC)N(CCCc1ccccc1)C(=O)OCC. The van der Waals surface area contributed by atoms with Crippen molar-refractivity contribution in [1.82, 2.24) is 14.7 Å². The molecule has 0 spiro atoms. The second kappa shape index (κ2) is 27.1. The van der Waals surface area contributed by atoms with E-state index in [1.165, 1.54) is 16.7 Å². The van der Waals surface area contributed by atoms with E-state index in [1.54, 1.807) is 0 Å². The van der Waals surface area contributed by atoms with Crippen molar-refractivity contribution in [3.05, 3.63) is 108 Å². The van der Waals surface area contributed by atoms with Crippen LogP contribution >= 0.6 is 0 Å². The van der Waals surface area contributed by atoms with Crippen molar-refractivity contribution in [2.45, 2.75) is 104 Å². The zero-order valence-corrected chi connectivity index (χ0v) is 33.2. The fourth-order valence-corrected chi connectivity index (χ4v) is 6.79. The van der Waals surface area contributed by atoms with Crippen molar-refractivity contribution >= 4 is 18.3 Å². The molecule has 0 bridgehead atoms. The number of unbranched alkanes of at least 4 members (excludes halogenated alkanes) is 2. The lowest BCUT2D eigenvalue weighted by Gasteiger charge is -2.33. The Kier molecular flexibility index (Phi) is 22.0. The minimum atomic E-state index is -0.318. The molecule has 0 aliphatic carbocycles. The van der Waals surface area contributed by atoms with Crippen molar-refractivity contribution in [1.29, 1.82) is 0 Å². The molecule has 0 aromatic heterocycles. The normalized spacial score (nSPS) is 10.9. The molecule has 0 fully saturated rings. The Morgan fingerprint density at radius 1 is 0.444 bits per heavy atom. The molecule has 0 aliphatic rings. The predicted octanol–water partition coefficient (Wildman–Crippen LogP) is 9.97. The molecular formula is C45H65N3O6. The summed E-state index contributed by atoms with van der Waals surface area (Å²) in [5, 5.41) is 0. The number of rotatable bonds is 26. The first-order chi connectivity index (χ1) is 26.4. The third-order valence-electron chi connectivity index (χ3n) is 9.61. The van der Waals surface area contributed by atoms with E-state index in [1.807, 2.05) is 65.8 Å². The topological polar surface area (TPSA) is 88.6 Å². The van der Waals surface area contributed by atoms with Gasteiger partial charge < -0.3 is 28.9 Å². The maximum absolute atomic E-state index is 13.5. The fourth-order valence-electron chi connectivity index (χ4n) is 6.79. The molecule has 3 rings (SSSR count). The third kappa shape index (κ3) is 17.5. The van der Waals surface area contributed by atoms with Crippen molar-refractivity contribution in [3.63, 3.8) is 0 Å². The fraction of sp³-hybridized carbons (Fsp3) is 0.533. The van der Waals surface area contributed by atoms with Crippen LogP contribution in [0.25, 0.3) is 0 Å². The van der Waals surface area contributed by atoms with E-state index in [0.29, 0.717) is 78.2 Å². The quantitative estimate of drug-likeness (QED) is 0.0601. The summed E-state index contributed by atoms with van der Waals surface area (Å²) in [4.78, 5) is 45.1. The lowest BCUT2D eigenvalue weighted by atomic mass is 10.0. The van der Waals surface area contributed by atoms with Crippen molar-refractivity contribution in [2.24, 2.45) is 0 Å². The van der Waals surface area contributed by atoms with Crippen LogP contribution in [0.15, 0.2) is 91.0 Å². The number of nitrogens with zero attached hydrogens (tertiary/aromatic N) is 3. The monoisotopic (exact) mass is 743 g/mol. The highest BCUT2D eigenvalue weighted by Gasteiger charge is 2.26. The molecule has 9 nitrogen and oxygen atoms in total. The highest BCUT2D eigenvalue weighted by Crippen LogP contribution is 2.19. The molecule has 3 aromatic rings. The number of hydrogen-bond acceptors (Lipinski definition) is 6. The van der Waals surface area contributed by atoms with Gasteiger partial charge in [0.1, 0.15) is 0 Å². The number of benzene rings is 3. The molecule has 0 aliphatic heterocycles. The predicted molar refractivity (Wildman–Crippen MR) is 217 cm³/mol. The first-order valence-corrected chi connectivity index (χ1v) is 20.3. The third-order valence-corrected chi connectivity index (χ3v) is 9.61. The second-order valence-electron chi connectivity index (χ2n) is 13.7. The molecule has 9 heteroatoms. The first-order valence-electron chi connectivity index (χ1n) is 20.3. The van der Waals surface area contributed by atoms with E-state index >= 15 is 0 Å². The Morgan fingerprint density at radius 2 is 0.796 bits per heavy atom. The maximum Gasteiger partial charge on any atom is 0.409 e. The van der Waals surface area contributed by atoms with Crippen LogP contribution in [0.4, 0.5) is 14.4 Å². The van der Waals surface area contributed by atoms with Crippen LogP contribution in [0, 0.1) is 0 Å². The summed E-state index contributed by atoms with van der Waals surface area (Å²) in [6.07, 6.45) is 9.18. The Hall–Kier alpha value is -4.53. The average Bonchev–Trinajstić information content (AvgIpc) is 3.19. The number of hydrogen-bond donors (Lipinski definition) is 0. The molecule has 296 valence electrons. The van der Waals surface area contributed by atoms with Crippen LogP contribution in [0.1, 0.15) is 95.2 Å². The Bertz CT molecular complexity index is 1350. The molecule has 3 amide bonds. The zero-order chi connectivity index (χ0) is 38.6. The van der Waals surface area contributed by atoms with Crippen LogP contribution in [0.2, 0.25) is 0 Å². The minimum Gasteiger partial charge on any atom is -0.450 e. The van der Waals surface area contributed by atoms with E-state index in [4.69, 9.17) is 14.2 Å². The van der Waals surface area contributed by atoms with Crippen LogP contribution < -0.4 is 0 Å². The lowest BCUT2D eigenvalue weighted by molar-refractivity contribution is 0.0786. The molecule has 0 radical (unpaired) electrons. The largest absolute Gasteiger partial charge is 0.450 e. The van der Waals surface area contributed by atoms with Gasteiger partial charge in [0.2, 0.25) is 0 Å². The van der Waals surface area contributed by atoms with Crippen molar-refractivity contribution < 1.29 is 28.6 Å². The van der Waals surface area contributed by atoms with Crippen LogP contribution in [-0.2, 0) is 33.5 Å². The molecule has 0 atom stereocenters. The Labute approximate surface area is 325 Å². The van der Waals surface area contributed by atoms with Crippen LogP contribution in [-0.4, -0.2) is 91.6 Å². The molecule has 3 aromatic carbocycles. The summed E-state index contributed by atoms with van der Waals surface area (Å²) in [7, 11) is 0. The summed E-state index contributed by atoms with van der Waals surface area (Å²) in [5.74, 6) is 0. The summed E-state index contributed by atoms with van der Waals surface area (Å²) in [6, 6.07) is 31.0. The van der Waals surface area contributed by atoms with Gasteiger partial charge in [0.05, 0.1) is 19.8 Å². The highest BCUT2D eigenvalue weighted by atomic mass is 16.6. The van der Waals surface area contributed by atoms with Gasteiger partial charge >= 0.3 is 18.3 Å². The van der Waals surface area contributed by atoms with Gasteiger partial charge in [-0.15, -0.1) is 0 Å². The number of ether oxygens (including phenoxy) is 3. The van der Waals surface area contributed by atoms with E-state index in [0.717, 1.165) is 51.4 Å². The molecule has 0 saturated carbocycles. The van der Waals surface area contributed by atoms with Gasteiger partial charge in [-0.25, -0.2) is 14.4 Å². The van der Waals surface area contributed by atoms with Crippen LogP contribution in [0.5, 0.6) is 0 Å². The maximum atomic E-state index is 13.5. The number of carbonyl (C=O) groups excluding carboxylic acids is 3. The molecule has 0 unspecified atom stereocenters. The van der Waals surface area contributed by atoms with Gasteiger partial charge in [0, 0.05) is 38.8 Å². The number of amides is 3. The van der Waals surface area contributed by atoms with E-state index in [2.05, 4.69) is 60.7 Å². The first kappa shape index (κ1) is 43.9. The summed E-state index contributed by atoms with van der Waals surface area (Å²) in [6.45, 7) is 9.30. The van der Waals surface area contributed by atoms with Crippen molar-refractivity contribution in [3.8, 4) is 0 Å². The van der Waals surface area contributed by atoms with E-state index in [-0.39, 0.29) is 24.3 Å². The Morgan fingerprint density at radius 3 is 1.19 bits per heavy atom. The molecular weight excluding hydrogens is 679 g/mol. The number of aryl methyl sites for hydroxylation is 3. The molecule has 0 heterocycles. The number of carbonyl (C=O) groups is 3. The molecule has 0 N–H and O–H groups in total. The van der Waals surface area contributed by atoms with Crippen LogP contribution in [0.3, 0.4) is 0 Å². The standard InChI is InChI=1S/C45H65N3O6/c1-4-52-43(49)46(34-18-16-29-39-23-10-7-11-24-39)36-21-32-42(48(45(51)54-6-3)38-20-31-41-27-14-9-15-28-41)33-22-37-47(44(50)53-5-2)35-19-17-30-40-25-12-8-13-26-40/h7-15,23-28,42H,4-6,16-22,29-38H2,1-3H3. The lowest BCUT2D eigenvalue weighted by Crippen LogP contribution is -2.43. The summed E-state index contributed by atoms with van der Waals surface area (Å²) < 4.78 is 16.5. The highest BCUT2D eigenvalue weighted by molar-refractivity contribution is 5.68. The average molecular weight is 744 g/mol. The van der Waals surface area contributed by atoms with Gasteiger partial charge in [-0.2, -0.15) is 0 Å².